The highest BCUT2D eigenvalue weighted by atomic mass is 16.5. The van der Waals surface area contributed by atoms with Gasteiger partial charge in [-0.05, 0) is 43.0 Å². The van der Waals surface area contributed by atoms with Crippen molar-refractivity contribution in [3.63, 3.8) is 0 Å². The van der Waals surface area contributed by atoms with Crippen LogP contribution in [0.2, 0.25) is 0 Å². The maximum atomic E-state index is 13.4. The van der Waals surface area contributed by atoms with E-state index in [0.717, 1.165) is 36.2 Å². The number of ketones is 1. The second-order valence-electron chi connectivity index (χ2n) is 9.47. The lowest BCUT2D eigenvalue weighted by atomic mass is 9.95. The molecular formula is C28H32N4O4. The zero-order chi connectivity index (χ0) is 25.4. The van der Waals surface area contributed by atoms with Crippen LogP contribution in [0.3, 0.4) is 0 Å². The minimum atomic E-state index is -0.678. The number of hydrogen-bond acceptors (Lipinski definition) is 6. The zero-order valence-corrected chi connectivity index (χ0v) is 21.0. The number of pyridine rings is 1. The topological polar surface area (TPSA) is 87.4 Å². The minimum Gasteiger partial charge on any atom is -0.505 e. The number of carbonyl (C=O) groups excluding carboxylic acids is 2. The largest absolute Gasteiger partial charge is 0.505 e. The van der Waals surface area contributed by atoms with Gasteiger partial charge in [0.25, 0.3) is 11.7 Å². The maximum Gasteiger partial charge on any atom is 0.295 e. The number of carbonyl (C=O) groups is 2. The maximum absolute atomic E-state index is 13.4. The Kier molecular flexibility index (Phi) is 6.64. The second kappa shape index (κ2) is 9.87. The van der Waals surface area contributed by atoms with Crippen LogP contribution in [-0.4, -0.2) is 75.4 Å². The Balaban J connectivity index is 1.60. The van der Waals surface area contributed by atoms with Crippen LogP contribution in [0.4, 0.5) is 0 Å². The summed E-state index contributed by atoms with van der Waals surface area (Å²) >= 11 is 0. The standard InChI is InChI=1S/C28H32N4O4/c1-4-20-7-9-21(10-8-20)24-22(25(33)23-19(3)31-11-5-6-18(2)27(31)29-23)26(34)28(35)32(24)13-12-30-14-16-36-17-15-30/h5-11,24,33H,4,12-17H2,1-3H3. The summed E-state index contributed by atoms with van der Waals surface area (Å²) in [5.41, 5.74) is 4.76. The van der Waals surface area contributed by atoms with Crippen LogP contribution in [0.5, 0.6) is 0 Å². The van der Waals surface area contributed by atoms with Crippen LogP contribution >= 0.6 is 0 Å². The fourth-order valence-corrected chi connectivity index (χ4v) is 5.14. The van der Waals surface area contributed by atoms with Gasteiger partial charge in [-0.25, -0.2) is 4.98 Å². The number of aliphatic hydroxyl groups is 1. The number of aryl methyl sites for hydroxylation is 3. The fourth-order valence-electron chi connectivity index (χ4n) is 5.14. The number of Topliss-reactive ketones (excluding diaryl/α,β-unsaturated/α-hetero) is 1. The average molecular weight is 489 g/mol. The van der Waals surface area contributed by atoms with Gasteiger partial charge in [0.15, 0.2) is 5.76 Å². The molecule has 188 valence electrons. The van der Waals surface area contributed by atoms with Crippen LogP contribution in [0, 0.1) is 13.8 Å². The summed E-state index contributed by atoms with van der Waals surface area (Å²) in [5.74, 6) is -1.49. The number of hydrogen-bond donors (Lipinski definition) is 1. The number of likely N-dealkylation sites (tertiary alicyclic amines) is 1. The number of nitrogens with zero attached hydrogens (tertiary/aromatic N) is 4. The molecule has 2 aromatic heterocycles. The van der Waals surface area contributed by atoms with Gasteiger partial charge in [0.05, 0.1) is 30.5 Å². The van der Waals surface area contributed by atoms with Gasteiger partial charge in [-0.1, -0.05) is 37.3 Å². The Hall–Kier alpha value is -3.49. The Morgan fingerprint density at radius 1 is 1.08 bits per heavy atom. The predicted molar refractivity (Wildman–Crippen MR) is 137 cm³/mol. The summed E-state index contributed by atoms with van der Waals surface area (Å²) in [7, 11) is 0. The van der Waals surface area contributed by atoms with Crippen molar-refractivity contribution in [1.82, 2.24) is 19.2 Å². The lowest BCUT2D eigenvalue weighted by Crippen LogP contribution is -2.42. The molecule has 2 aliphatic heterocycles. The van der Waals surface area contributed by atoms with E-state index < -0.39 is 17.7 Å². The molecule has 5 rings (SSSR count). The summed E-state index contributed by atoms with van der Waals surface area (Å²) < 4.78 is 7.33. The first-order valence-electron chi connectivity index (χ1n) is 12.5. The van der Waals surface area contributed by atoms with Crippen molar-refractivity contribution in [2.45, 2.75) is 33.2 Å². The molecule has 36 heavy (non-hydrogen) atoms. The van der Waals surface area contributed by atoms with Crippen LogP contribution in [0.25, 0.3) is 11.4 Å². The SMILES string of the molecule is CCc1ccc(C2C(=C(O)c3nc4c(C)cccn4c3C)C(=O)C(=O)N2CCN2CCOCC2)cc1. The Morgan fingerprint density at radius 2 is 1.81 bits per heavy atom. The number of imidazole rings is 1. The normalized spacial score (nSPS) is 20.5. The quantitative estimate of drug-likeness (QED) is 0.326. The second-order valence-corrected chi connectivity index (χ2v) is 9.47. The number of amides is 1. The zero-order valence-electron chi connectivity index (χ0n) is 21.0. The minimum absolute atomic E-state index is 0.0929. The van der Waals surface area contributed by atoms with Gasteiger partial charge >= 0.3 is 0 Å². The van der Waals surface area contributed by atoms with E-state index in [9.17, 15) is 14.7 Å². The van der Waals surface area contributed by atoms with Crippen molar-refractivity contribution in [2.75, 3.05) is 39.4 Å². The Morgan fingerprint density at radius 3 is 2.47 bits per heavy atom. The lowest BCUT2D eigenvalue weighted by molar-refractivity contribution is -0.140. The third kappa shape index (κ3) is 4.20. The van der Waals surface area contributed by atoms with E-state index in [-0.39, 0.29) is 11.3 Å². The number of benzene rings is 1. The lowest BCUT2D eigenvalue weighted by Gasteiger charge is -2.31. The first kappa shape index (κ1) is 24.2. The summed E-state index contributed by atoms with van der Waals surface area (Å²) in [4.78, 5) is 35.2. The number of aliphatic hydroxyl groups excluding tert-OH is 1. The average Bonchev–Trinajstić information content (AvgIpc) is 3.37. The molecule has 2 fully saturated rings. The van der Waals surface area contributed by atoms with Crippen molar-refractivity contribution in [3.8, 4) is 0 Å². The van der Waals surface area contributed by atoms with E-state index in [0.29, 0.717) is 43.3 Å². The van der Waals surface area contributed by atoms with Crippen LogP contribution < -0.4 is 0 Å². The van der Waals surface area contributed by atoms with Gasteiger partial charge in [-0.15, -0.1) is 0 Å². The summed E-state index contributed by atoms with van der Waals surface area (Å²) in [6, 6.07) is 11.1. The van der Waals surface area contributed by atoms with Crippen LogP contribution in [0.15, 0.2) is 48.2 Å². The summed E-state index contributed by atoms with van der Waals surface area (Å²) in [6.45, 7) is 9.80. The van der Waals surface area contributed by atoms with Crippen molar-refractivity contribution in [2.24, 2.45) is 0 Å². The smallest absolute Gasteiger partial charge is 0.295 e. The van der Waals surface area contributed by atoms with Gasteiger partial charge in [-0.2, -0.15) is 0 Å². The molecular weight excluding hydrogens is 456 g/mol. The molecule has 0 spiro atoms. The molecule has 0 bridgehead atoms. The van der Waals surface area contributed by atoms with E-state index >= 15 is 0 Å². The highest BCUT2D eigenvalue weighted by Gasteiger charge is 2.46. The first-order chi connectivity index (χ1) is 17.4. The molecule has 0 saturated carbocycles. The summed E-state index contributed by atoms with van der Waals surface area (Å²) in [6.07, 6.45) is 2.76. The monoisotopic (exact) mass is 488 g/mol. The fraction of sp³-hybridized carbons (Fsp3) is 0.393. The van der Waals surface area contributed by atoms with Crippen molar-refractivity contribution >= 4 is 23.1 Å². The predicted octanol–water partition coefficient (Wildman–Crippen LogP) is 3.27. The van der Waals surface area contributed by atoms with Gasteiger partial charge in [0, 0.05) is 32.4 Å². The van der Waals surface area contributed by atoms with E-state index in [4.69, 9.17) is 4.74 Å². The van der Waals surface area contributed by atoms with Crippen LogP contribution in [-0.2, 0) is 20.7 Å². The van der Waals surface area contributed by atoms with Crippen molar-refractivity contribution < 1.29 is 19.4 Å². The van der Waals surface area contributed by atoms with Gasteiger partial charge in [0.1, 0.15) is 11.3 Å². The van der Waals surface area contributed by atoms with Gasteiger partial charge < -0.3 is 19.1 Å². The molecule has 0 radical (unpaired) electrons. The number of rotatable bonds is 6. The molecule has 3 aromatic rings. The molecule has 2 aliphatic rings. The Labute approximate surface area is 210 Å². The van der Waals surface area contributed by atoms with E-state index in [1.165, 1.54) is 0 Å². The molecule has 1 atom stereocenters. The molecule has 1 aromatic carbocycles. The third-order valence-corrected chi connectivity index (χ3v) is 7.31. The number of aromatic nitrogens is 2. The molecule has 8 nitrogen and oxygen atoms in total. The van der Waals surface area contributed by atoms with Crippen molar-refractivity contribution in [1.29, 1.82) is 0 Å². The van der Waals surface area contributed by atoms with E-state index in [1.807, 2.05) is 60.8 Å². The number of fused-ring (bicyclic) bond motifs is 1. The molecule has 1 amide bonds. The van der Waals surface area contributed by atoms with Crippen molar-refractivity contribution in [3.05, 3.63) is 76.2 Å². The molecule has 4 heterocycles. The van der Waals surface area contributed by atoms with E-state index in [1.54, 1.807) is 4.90 Å². The number of morpholine rings is 1. The molecule has 1 unspecified atom stereocenters. The van der Waals surface area contributed by atoms with E-state index in [2.05, 4.69) is 16.8 Å². The van der Waals surface area contributed by atoms with Gasteiger partial charge in [-0.3, -0.25) is 14.5 Å². The molecule has 0 aliphatic carbocycles. The molecule has 8 heteroatoms. The molecule has 2 saturated heterocycles. The van der Waals surface area contributed by atoms with Crippen LogP contribution in [0.1, 0.15) is 41.0 Å². The Bertz CT molecular complexity index is 1340. The third-order valence-electron chi connectivity index (χ3n) is 7.31. The summed E-state index contributed by atoms with van der Waals surface area (Å²) in [5, 5.41) is 11.5. The molecule has 1 N–H and O–H groups in total. The highest BCUT2D eigenvalue weighted by molar-refractivity contribution is 6.46. The highest BCUT2D eigenvalue weighted by Crippen LogP contribution is 2.40. The van der Waals surface area contributed by atoms with Gasteiger partial charge in [0.2, 0.25) is 0 Å². The number of ether oxygens (including phenoxy) is 1. The first-order valence-corrected chi connectivity index (χ1v) is 12.5.